The molecule has 2 aromatic rings. The van der Waals surface area contributed by atoms with Crippen molar-refractivity contribution in [1.29, 1.82) is 0 Å². The molecule has 0 saturated heterocycles. The zero-order valence-electron chi connectivity index (χ0n) is 12.2. The lowest BCUT2D eigenvalue weighted by molar-refractivity contribution is -0.138. The summed E-state index contributed by atoms with van der Waals surface area (Å²) in [4.78, 5) is 1.04. The number of nitrogens with zero attached hydrogens (tertiary/aromatic N) is 1. The molecule has 0 amide bonds. The molecule has 7 heteroatoms. The fourth-order valence-corrected chi connectivity index (χ4v) is 2.68. The Morgan fingerprint density at radius 1 is 1.17 bits per heavy atom. The van der Waals surface area contributed by atoms with Gasteiger partial charge < -0.3 is 0 Å². The fourth-order valence-electron chi connectivity index (χ4n) is 1.88. The molecule has 23 heavy (non-hydrogen) atoms. The van der Waals surface area contributed by atoms with Gasteiger partial charge >= 0.3 is 6.18 Å². The fraction of sp³-hybridized carbons (Fsp3) is 0.188. The Morgan fingerprint density at radius 2 is 1.87 bits per heavy atom. The molecule has 0 atom stereocenters. The number of halogens is 4. The van der Waals surface area contributed by atoms with Crippen LogP contribution in [0, 0.1) is 6.92 Å². The van der Waals surface area contributed by atoms with Crippen molar-refractivity contribution in [1.82, 2.24) is 0 Å². The van der Waals surface area contributed by atoms with Gasteiger partial charge in [0.1, 0.15) is 0 Å². The summed E-state index contributed by atoms with van der Waals surface area (Å²) in [5, 5.41) is 4.64. The van der Waals surface area contributed by atoms with E-state index in [0.29, 0.717) is 16.5 Å². The molecule has 0 saturated carbocycles. The molecule has 0 aliphatic rings. The smallest absolute Gasteiger partial charge is 0.279 e. The van der Waals surface area contributed by atoms with E-state index in [0.717, 1.165) is 11.0 Å². The molecule has 0 aromatic heterocycles. The zero-order valence-corrected chi connectivity index (χ0v) is 13.8. The number of hydrogen-bond donors (Lipinski definition) is 1. The summed E-state index contributed by atoms with van der Waals surface area (Å²) in [5.74, 6) is 0.590. The SMILES string of the molecule is Cc1c(N/N=C/CSc2ccc(Cl)cc2)cccc1C(F)(F)F. The van der Waals surface area contributed by atoms with Crippen LogP contribution in [0.25, 0.3) is 0 Å². The molecular formula is C16H14ClF3N2S. The third-order valence-electron chi connectivity index (χ3n) is 3.05. The molecular weight excluding hydrogens is 345 g/mol. The van der Waals surface area contributed by atoms with Crippen molar-refractivity contribution in [2.24, 2.45) is 5.10 Å². The average molecular weight is 359 g/mol. The number of anilines is 1. The quantitative estimate of drug-likeness (QED) is 0.411. The van der Waals surface area contributed by atoms with Crippen LogP contribution in [0.3, 0.4) is 0 Å². The van der Waals surface area contributed by atoms with Gasteiger partial charge in [-0.2, -0.15) is 18.3 Å². The van der Waals surface area contributed by atoms with Gasteiger partial charge in [-0.05, 0) is 48.9 Å². The second-order valence-corrected chi connectivity index (χ2v) is 6.19. The van der Waals surface area contributed by atoms with E-state index in [2.05, 4.69) is 10.5 Å². The number of alkyl halides is 3. The Morgan fingerprint density at radius 3 is 2.52 bits per heavy atom. The first-order valence-electron chi connectivity index (χ1n) is 6.70. The Balaban J connectivity index is 1.92. The second kappa shape index (κ2) is 7.75. The van der Waals surface area contributed by atoms with Gasteiger partial charge in [-0.3, -0.25) is 5.43 Å². The van der Waals surface area contributed by atoms with Gasteiger partial charge in [0.25, 0.3) is 0 Å². The lowest BCUT2D eigenvalue weighted by atomic mass is 10.1. The standard InChI is InChI=1S/C16H14ClF3N2S/c1-11-14(16(18,19)20)3-2-4-15(11)22-21-9-10-23-13-7-5-12(17)6-8-13/h2-9,22H,10H2,1H3/b21-9+. The molecule has 2 rings (SSSR count). The molecule has 0 heterocycles. The maximum Gasteiger partial charge on any atom is 0.416 e. The maximum absolute atomic E-state index is 12.8. The van der Waals surface area contributed by atoms with Crippen LogP contribution in [-0.4, -0.2) is 12.0 Å². The molecule has 2 nitrogen and oxygen atoms in total. The first kappa shape index (κ1) is 17.7. The van der Waals surface area contributed by atoms with Gasteiger partial charge in [0.05, 0.1) is 11.3 Å². The normalized spacial score (nSPS) is 11.9. The van der Waals surface area contributed by atoms with E-state index in [1.807, 2.05) is 12.1 Å². The molecule has 2 aromatic carbocycles. The van der Waals surface area contributed by atoms with Crippen LogP contribution in [0.15, 0.2) is 52.5 Å². The van der Waals surface area contributed by atoms with Gasteiger partial charge in [0, 0.05) is 21.9 Å². The summed E-state index contributed by atoms with van der Waals surface area (Å²) in [6.07, 6.45) is -2.76. The average Bonchev–Trinajstić information content (AvgIpc) is 2.49. The third-order valence-corrected chi connectivity index (χ3v) is 4.23. The molecule has 0 aliphatic carbocycles. The van der Waals surface area contributed by atoms with Crippen LogP contribution in [0.2, 0.25) is 5.02 Å². The Kier molecular flexibility index (Phi) is 5.96. The summed E-state index contributed by atoms with van der Waals surface area (Å²) in [6.45, 7) is 1.42. The van der Waals surface area contributed by atoms with Crippen LogP contribution < -0.4 is 5.43 Å². The topological polar surface area (TPSA) is 24.4 Å². The van der Waals surface area contributed by atoms with Crippen LogP contribution in [-0.2, 0) is 6.18 Å². The van der Waals surface area contributed by atoms with E-state index >= 15 is 0 Å². The first-order chi connectivity index (χ1) is 10.9. The molecule has 0 spiro atoms. The predicted molar refractivity (Wildman–Crippen MR) is 90.5 cm³/mol. The highest BCUT2D eigenvalue weighted by molar-refractivity contribution is 7.99. The highest BCUT2D eigenvalue weighted by atomic mass is 35.5. The minimum atomic E-state index is -4.37. The summed E-state index contributed by atoms with van der Waals surface area (Å²) >= 11 is 7.35. The van der Waals surface area contributed by atoms with Crippen molar-refractivity contribution >= 4 is 35.3 Å². The first-order valence-corrected chi connectivity index (χ1v) is 8.07. The van der Waals surface area contributed by atoms with Gasteiger partial charge in [-0.1, -0.05) is 17.7 Å². The Hall–Kier alpha value is -1.66. The van der Waals surface area contributed by atoms with Crippen molar-refractivity contribution in [3.8, 4) is 0 Å². The molecule has 0 aliphatic heterocycles. The van der Waals surface area contributed by atoms with E-state index in [9.17, 15) is 13.2 Å². The van der Waals surface area contributed by atoms with E-state index in [1.54, 1.807) is 36.2 Å². The number of nitrogens with one attached hydrogen (secondary N) is 1. The zero-order chi connectivity index (χ0) is 16.9. The molecule has 0 radical (unpaired) electrons. The molecule has 0 unspecified atom stereocenters. The number of rotatable bonds is 5. The number of benzene rings is 2. The minimum Gasteiger partial charge on any atom is -0.279 e. The third kappa shape index (κ3) is 5.18. The minimum absolute atomic E-state index is 0.127. The van der Waals surface area contributed by atoms with Gasteiger partial charge in [-0.25, -0.2) is 0 Å². The van der Waals surface area contributed by atoms with Crippen molar-refractivity contribution in [2.45, 2.75) is 18.0 Å². The van der Waals surface area contributed by atoms with Crippen molar-refractivity contribution in [3.63, 3.8) is 0 Å². The summed E-state index contributed by atoms with van der Waals surface area (Å²) < 4.78 is 38.4. The Bertz CT molecular complexity index is 685. The van der Waals surface area contributed by atoms with Crippen molar-refractivity contribution in [2.75, 3.05) is 11.2 Å². The molecule has 1 N–H and O–H groups in total. The summed E-state index contributed by atoms with van der Waals surface area (Å²) in [7, 11) is 0. The number of thioether (sulfide) groups is 1. The largest absolute Gasteiger partial charge is 0.416 e. The van der Waals surface area contributed by atoms with E-state index in [1.165, 1.54) is 13.0 Å². The van der Waals surface area contributed by atoms with Crippen molar-refractivity contribution in [3.05, 3.63) is 58.6 Å². The number of hydrazone groups is 1. The van der Waals surface area contributed by atoms with Crippen LogP contribution >= 0.6 is 23.4 Å². The van der Waals surface area contributed by atoms with Crippen LogP contribution in [0.1, 0.15) is 11.1 Å². The second-order valence-electron chi connectivity index (χ2n) is 4.66. The van der Waals surface area contributed by atoms with E-state index in [-0.39, 0.29) is 5.56 Å². The van der Waals surface area contributed by atoms with Gasteiger partial charge in [-0.15, -0.1) is 11.8 Å². The monoisotopic (exact) mass is 358 g/mol. The molecule has 122 valence electrons. The van der Waals surface area contributed by atoms with Crippen LogP contribution in [0.5, 0.6) is 0 Å². The lowest BCUT2D eigenvalue weighted by Gasteiger charge is -2.13. The highest BCUT2D eigenvalue weighted by Crippen LogP contribution is 2.34. The summed E-state index contributed by atoms with van der Waals surface area (Å²) in [6, 6.07) is 11.4. The lowest BCUT2D eigenvalue weighted by Crippen LogP contribution is -2.08. The Labute approximate surface area is 141 Å². The van der Waals surface area contributed by atoms with Gasteiger partial charge in [0.15, 0.2) is 0 Å². The van der Waals surface area contributed by atoms with Gasteiger partial charge in [0.2, 0.25) is 0 Å². The molecule has 0 bridgehead atoms. The predicted octanol–water partition coefficient (Wildman–Crippen LogP) is 5.86. The van der Waals surface area contributed by atoms with E-state index < -0.39 is 11.7 Å². The summed E-state index contributed by atoms with van der Waals surface area (Å²) in [5.41, 5.74) is 2.46. The highest BCUT2D eigenvalue weighted by Gasteiger charge is 2.32. The maximum atomic E-state index is 12.8. The van der Waals surface area contributed by atoms with E-state index in [4.69, 9.17) is 11.6 Å². The number of hydrogen-bond acceptors (Lipinski definition) is 3. The van der Waals surface area contributed by atoms with Crippen LogP contribution in [0.4, 0.5) is 18.9 Å². The van der Waals surface area contributed by atoms with Crippen molar-refractivity contribution < 1.29 is 13.2 Å². The molecule has 0 fully saturated rings.